The first-order chi connectivity index (χ1) is 61.0. The maximum Gasteiger partial charge on any atom is 0.0540 e. The molecular formula is C120H81N3. The van der Waals surface area contributed by atoms with E-state index in [1.54, 1.807) is 0 Å². The summed E-state index contributed by atoms with van der Waals surface area (Å²) in [7, 11) is 0. The fourth-order valence-corrected chi connectivity index (χ4v) is 18.8. The SMILES string of the molecule is c1ccc(-c2ccc(N(c3ccccc3)c3ccc4c(ccc5c4ccc4ccc6ccccc6c45)c3)cc2)cc1.c1ccc(-c2ccc(N(c3ccccc3)c3ccc4ccc5ccc6c7ccccc7ccc6c5c4c3)cc2)cc1.c1ccc(-c2ccc(N(c3ccccc3)c3cccc4c3ccc3ccc5c6ccccc6ccc5c34)cc2)cc1. The van der Waals surface area contributed by atoms with Crippen LogP contribution in [0.3, 0.4) is 0 Å². The van der Waals surface area contributed by atoms with Gasteiger partial charge in [0.1, 0.15) is 0 Å². The van der Waals surface area contributed by atoms with Gasteiger partial charge in [-0.1, -0.05) is 388 Å². The number of hydrogen-bond donors (Lipinski definition) is 0. The average molecular weight is 1560 g/mol. The number of hydrogen-bond acceptors (Lipinski definition) is 3. The van der Waals surface area contributed by atoms with Gasteiger partial charge in [-0.2, -0.15) is 0 Å². The molecule has 0 radical (unpaired) electrons. The fourth-order valence-electron chi connectivity index (χ4n) is 18.8. The fraction of sp³-hybridized carbons (Fsp3) is 0. The maximum atomic E-state index is 2.38. The highest BCUT2D eigenvalue weighted by Gasteiger charge is 2.22. The second-order valence-corrected chi connectivity index (χ2v) is 31.8. The Labute approximate surface area is 715 Å². The third-order valence-electron chi connectivity index (χ3n) is 24.7. The molecule has 0 unspecified atom stereocenters. The van der Waals surface area contributed by atoms with Gasteiger partial charge >= 0.3 is 0 Å². The van der Waals surface area contributed by atoms with Crippen molar-refractivity contribution in [1.29, 1.82) is 0 Å². The highest BCUT2D eigenvalue weighted by Crippen LogP contribution is 2.47. The Morgan fingerprint density at radius 2 is 0.350 bits per heavy atom. The van der Waals surface area contributed by atoms with E-state index in [0.29, 0.717) is 0 Å². The highest BCUT2D eigenvalue weighted by atomic mass is 15.2. The summed E-state index contributed by atoms with van der Waals surface area (Å²) in [5.74, 6) is 0. The van der Waals surface area contributed by atoms with E-state index in [0.717, 1.165) is 45.5 Å². The highest BCUT2D eigenvalue weighted by molar-refractivity contribution is 6.28. The summed E-state index contributed by atoms with van der Waals surface area (Å²) in [5, 5.41) is 30.7. The Bertz CT molecular complexity index is 7950. The number of fused-ring (bicyclic) bond motifs is 21. The largest absolute Gasteiger partial charge is 0.310 e. The van der Waals surface area contributed by atoms with Crippen LogP contribution in [0.1, 0.15) is 0 Å². The van der Waals surface area contributed by atoms with Gasteiger partial charge in [-0.3, -0.25) is 0 Å². The predicted octanol–water partition coefficient (Wildman–Crippen LogP) is 34.3. The minimum absolute atomic E-state index is 1.13. The Morgan fingerprint density at radius 1 is 0.106 bits per heavy atom. The molecule has 0 aromatic heterocycles. The monoisotopic (exact) mass is 1560 g/mol. The Kier molecular flexibility index (Phi) is 19.0. The summed E-state index contributed by atoms with van der Waals surface area (Å²) in [5.41, 5.74) is 17.6. The molecule has 0 amide bonds. The van der Waals surface area contributed by atoms with Crippen LogP contribution in [0.25, 0.3) is 163 Å². The normalized spacial score (nSPS) is 11.4. The molecule has 0 N–H and O–H groups in total. The second kappa shape index (κ2) is 31.9. The Morgan fingerprint density at radius 3 is 0.805 bits per heavy atom. The first-order valence-corrected chi connectivity index (χ1v) is 42.3. The van der Waals surface area contributed by atoms with E-state index in [1.807, 2.05) is 0 Å². The first kappa shape index (κ1) is 73.2. The molecule has 0 aliphatic rings. The lowest BCUT2D eigenvalue weighted by Gasteiger charge is -2.27. The zero-order valence-electron chi connectivity index (χ0n) is 67.6. The third kappa shape index (κ3) is 13.8. The number of nitrogens with zero attached hydrogens (tertiary/aromatic N) is 3. The van der Waals surface area contributed by atoms with Gasteiger partial charge in [-0.15, -0.1) is 0 Å². The van der Waals surface area contributed by atoms with E-state index >= 15 is 0 Å². The van der Waals surface area contributed by atoms with E-state index in [4.69, 9.17) is 0 Å². The molecule has 123 heavy (non-hydrogen) atoms. The van der Waals surface area contributed by atoms with Crippen molar-refractivity contribution >= 4 is 180 Å². The summed E-state index contributed by atoms with van der Waals surface area (Å²) in [6.45, 7) is 0. The molecule has 24 aromatic carbocycles. The topological polar surface area (TPSA) is 9.72 Å². The smallest absolute Gasteiger partial charge is 0.0540 e. The molecule has 0 aliphatic carbocycles. The minimum Gasteiger partial charge on any atom is -0.310 e. The lowest BCUT2D eigenvalue weighted by atomic mass is 9.93. The minimum atomic E-state index is 1.13. The third-order valence-corrected chi connectivity index (χ3v) is 24.7. The summed E-state index contributed by atoms with van der Waals surface area (Å²) < 4.78 is 0. The van der Waals surface area contributed by atoms with Crippen LogP contribution in [0, 0.1) is 0 Å². The van der Waals surface area contributed by atoms with Crippen LogP contribution in [-0.4, -0.2) is 0 Å². The van der Waals surface area contributed by atoms with Crippen LogP contribution in [0.15, 0.2) is 491 Å². The molecular weight excluding hydrogens is 1480 g/mol. The lowest BCUT2D eigenvalue weighted by Crippen LogP contribution is -2.10. The van der Waals surface area contributed by atoms with Crippen LogP contribution in [-0.2, 0) is 0 Å². The zero-order chi connectivity index (χ0) is 81.5. The van der Waals surface area contributed by atoms with E-state index in [1.165, 1.54) is 168 Å². The van der Waals surface area contributed by atoms with Gasteiger partial charge in [0.05, 0.1) is 5.69 Å². The molecule has 0 saturated carbocycles. The Hall–Kier alpha value is -16.2. The summed E-state index contributed by atoms with van der Waals surface area (Å²) in [6, 6.07) is 178. The van der Waals surface area contributed by atoms with E-state index in [9.17, 15) is 0 Å². The van der Waals surface area contributed by atoms with Gasteiger partial charge < -0.3 is 14.7 Å². The van der Waals surface area contributed by atoms with Crippen LogP contribution < -0.4 is 14.7 Å². The van der Waals surface area contributed by atoms with Crippen LogP contribution in [0.2, 0.25) is 0 Å². The van der Waals surface area contributed by atoms with Crippen LogP contribution >= 0.6 is 0 Å². The van der Waals surface area contributed by atoms with Crippen molar-refractivity contribution in [3.05, 3.63) is 491 Å². The lowest BCUT2D eigenvalue weighted by molar-refractivity contribution is 1.29. The van der Waals surface area contributed by atoms with Gasteiger partial charge in [0, 0.05) is 50.9 Å². The van der Waals surface area contributed by atoms with Gasteiger partial charge in [-0.05, 0) is 260 Å². The predicted molar refractivity (Wildman–Crippen MR) is 530 cm³/mol. The number of anilines is 9. The van der Waals surface area contributed by atoms with Crippen molar-refractivity contribution in [3.63, 3.8) is 0 Å². The summed E-state index contributed by atoms with van der Waals surface area (Å²) in [4.78, 5) is 7.07. The maximum absolute atomic E-state index is 2.38. The number of rotatable bonds is 12. The zero-order valence-corrected chi connectivity index (χ0v) is 67.6. The molecule has 0 saturated heterocycles. The molecule has 24 aromatic rings. The molecule has 24 rings (SSSR count). The van der Waals surface area contributed by atoms with Crippen molar-refractivity contribution in [2.45, 2.75) is 0 Å². The van der Waals surface area contributed by atoms with E-state index < -0.39 is 0 Å². The van der Waals surface area contributed by atoms with E-state index in [2.05, 4.69) is 506 Å². The molecule has 3 heteroatoms. The molecule has 0 atom stereocenters. The molecule has 0 aliphatic heterocycles. The molecule has 0 bridgehead atoms. The van der Waals surface area contributed by atoms with Crippen molar-refractivity contribution in [2.24, 2.45) is 0 Å². The van der Waals surface area contributed by atoms with Crippen LogP contribution in [0.4, 0.5) is 51.2 Å². The first-order valence-electron chi connectivity index (χ1n) is 42.3. The molecule has 0 heterocycles. The summed E-state index contributed by atoms with van der Waals surface area (Å²) >= 11 is 0. The van der Waals surface area contributed by atoms with Crippen molar-refractivity contribution in [2.75, 3.05) is 14.7 Å². The number of para-hydroxylation sites is 3. The summed E-state index contributed by atoms with van der Waals surface area (Å²) in [6.07, 6.45) is 0. The van der Waals surface area contributed by atoms with E-state index in [-0.39, 0.29) is 0 Å². The standard InChI is InChI=1S/3C40H27N/c1-3-10-28(11-4-1)29-18-23-33(24-19-29)41(32-13-5-2-6-14-32)39-17-9-16-37-36(39)26-22-31-21-25-35-34-15-8-7-12-30(34)20-27-38(35)40(31)37;1-3-9-28(10-4-1)29-17-22-34(23-18-29)41(33-12-5-2-6-13-33)35-24-19-31-15-16-32-21-25-37-36-14-8-7-11-30(36)20-26-38(37)40(32)39(31)27-35;1-3-9-28(10-4-1)29-17-21-34(22-18-29)41(33-12-5-2-6-13-33)35-23-26-36-32(27-35)20-25-39-38(36)24-19-31-16-15-30-11-7-8-14-37(30)40(31)39/h3*1-27H. The van der Waals surface area contributed by atoms with Crippen LogP contribution in [0.5, 0.6) is 0 Å². The molecule has 3 nitrogen and oxygen atoms in total. The quantitative estimate of drug-likeness (QED) is 0.113. The second-order valence-electron chi connectivity index (χ2n) is 31.8. The number of benzene rings is 24. The van der Waals surface area contributed by atoms with Crippen molar-refractivity contribution in [1.82, 2.24) is 0 Å². The van der Waals surface area contributed by atoms with Crippen molar-refractivity contribution in [3.8, 4) is 33.4 Å². The molecule has 0 fully saturated rings. The average Bonchev–Trinajstić information content (AvgIpc) is 0.748. The van der Waals surface area contributed by atoms with Gasteiger partial charge in [0.25, 0.3) is 0 Å². The molecule has 0 spiro atoms. The van der Waals surface area contributed by atoms with Gasteiger partial charge in [0.2, 0.25) is 0 Å². The van der Waals surface area contributed by atoms with Gasteiger partial charge in [0.15, 0.2) is 0 Å². The Balaban J connectivity index is 0.000000110. The molecule has 576 valence electrons. The van der Waals surface area contributed by atoms with Gasteiger partial charge in [-0.25, -0.2) is 0 Å². The van der Waals surface area contributed by atoms with Crippen molar-refractivity contribution < 1.29 is 0 Å².